The highest BCUT2D eigenvalue weighted by Crippen LogP contribution is 2.20. The van der Waals surface area contributed by atoms with Gasteiger partial charge >= 0.3 is 0 Å². The molecule has 0 atom stereocenters. The molecule has 2 rings (SSSR count). The van der Waals surface area contributed by atoms with Crippen molar-refractivity contribution in [2.24, 2.45) is 10.2 Å². The number of rotatable bonds is 4. The van der Waals surface area contributed by atoms with Crippen LogP contribution in [0.15, 0.2) is 58.8 Å². The molecule has 0 aromatic heterocycles. The number of aliphatic hydroxyl groups excluding tert-OH is 1. The van der Waals surface area contributed by atoms with E-state index in [4.69, 9.17) is 10.8 Å². The van der Waals surface area contributed by atoms with E-state index in [1.54, 1.807) is 12.1 Å². The van der Waals surface area contributed by atoms with Gasteiger partial charge in [0.2, 0.25) is 0 Å². The maximum Gasteiger partial charge on any atom is 0.0859 e. The number of benzene rings is 2. The van der Waals surface area contributed by atoms with Gasteiger partial charge in [-0.2, -0.15) is 10.2 Å². The number of aliphatic hydroxyl groups is 1. The van der Waals surface area contributed by atoms with Crippen LogP contribution in [0.2, 0.25) is 0 Å². The molecule has 4 heteroatoms. The van der Waals surface area contributed by atoms with Crippen molar-refractivity contribution in [3.05, 3.63) is 54.1 Å². The molecule has 0 aliphatic carbocycles. The van der Waals surface area contributed by atoms with E-state index in [0.29, 0.717) is 12.1 Å². The molecule has 0 aliphatic heterocycles. The summed E-state index contributed by atoms with van der Waals surface area (Å²) in [4.78, 5) is 0. The van der Waals surface area contributed by atoms with Crippen molar-refractivity contribution in [3.8, 4) is 0 Å². The molecule has 0 bridgehead atoms. The van der Waals surface area contributed by atoms with Gasteiger partial charge in [0.05, 0.1) is 11.4 Å². The number of hydrogen-bond acceptors (Lipinski definition) is 4. The molecule has 0 saturated carbocycles. The Morgan fingerprint density at radius 3 is 2.39 bits per heavy atom. The molecule has 92 valence electrons. The van der Waals surface area contributed by atoms with Crippen molar-refractivity contribution < 1.29 is 5.11 Å². The minimum Gasteiger partial charge on any atom is -0.399 e. The molecule has 18 heavy (non-hydrogen) atoms. The first-order valence-corrected chi connectivity index (χ1v) is 5.75. The first-order chi connectivity index (χ1) is 8.78. The average molecular weight is 241 g/mol. The number of nitrogen functional groups attached to an aromatic ring is 1. The predicted molar refractivity (Wildman–Crippen MR) is 72.3 cm³/mol. The lowest BCUT2D eigenvalue weighted by molar-refractivity contribution is 0.299. The standard InChI is InChI=1S/C14H15N3O/c15-12-4-6-13(7-5-12)16-17-14-3-1-2-11(10-14)8-9-18/h1-7,10,18H,8-9,15H2. The van der Waals surface area contributed by atoms with Gasteiger partial charge in [-0.25, -0.2) is 0 Å². The first-order valence-electron chi connectivity index (χ1n) is 5.75. The molecule has 0 unspecified atom stereocenters. The lowest BCUT2D eigenvalue weighted by Gasteiger charge is -1.99. The molecular weight excluding hydrogens is 226 g/mol. The predicted octanol–water partition coefficient (Wildman–Crippen LogP) is 3.22. The van der Waals surface area contributed by atoms with Crippen LogP contribution in [0, 0.1) is 0 Å². The molecular formula is C14H15N3O. The Hall–Kier alpha value is -2.20. The van der Waals surface area contributed by atoms with Gasteiger partial charge in [-0.3, -0.25) is 0 Å². The molecule has 2 aromatic carbocycles. The van der Waals surface area contributed by atoms with Gasteiger partial charge in [-0.15, -0.1) is 0 Å². The van der Waals surface area contributed by atoms with E-state index >= 15 is 0 Å². The SMILES string of the molecule is Nc1ccc(N=Nc2cccc(CCO)c2)cc1. The third-order valence-corrected chi connectivity index (χ3v) is 2.49. The van der Waals surface area contributed by atoms with Crippen molar-refractivity contribution in [3.63, 3.8) is 0 Å². The fraction of sp³-hybridized carbons (Fsp3) is 0.143. The lowest BCUT2D eigenvalue weighted by Crippen LogP contribution is -1.88. The summed E-state index contributed by atoms with van der Waals surface area (Å²) in [5.41, 5.74) is 8.88. The normalized spacial score (nSPS) is 10.9. The van der Waals surface area contributed by atoms with E-state index in [9.17, 15) is 0 Å². The molecule has 4 nitrogen and oxygen atoms in total. The minimum absolute atomic E-state index is 0.137. The van der Waals surface area contributed by atoms with Gasteiger partial charge in [0.1, 0.15) is 0 Å². The maximum atomic E-state index is 8.88. The Balaban J connectivity index is 2.13. The molecule has 0 spiro atoms. The molecule has 2 aromatic rings. The van der Waals surface area contributed by atoms with Crippen molar-refractivity contribution in [1.29, 1.82) is 0 Å². The summed E-state index contributed by atoms with van der Waals surface area (Å²) in [6.45, 7) is 0.137. The van der Waals surface area contributed by atoms with Gasteiger partial charge in [-0.05, 0) is 48.4 Å². The number of nitrogens with zero attached hydrogens (tertiary/aromatic N) is 2. The summed E-state index contributed by atoms with van der Waals surface area (Å²) in [5, 5.41) is 17.2. The van der Waals surface area contributed by atoms with Crippen molar-refractivity contribution in [1.82, 2.24) is 0 Å². The van der Waals surface area contributed by atoms with Gasteiger partial charge < -0.3 is 10.8 Å². The zero-order chi connectivity index (χ0) is 12.8. The van der Waals surface area contributed by atoms with Crippen molar-refractivity contribution in [2.75, 3.05) is 12.3 Å². The third kappa shape index (κ3) is 3.40. The summed E-state index contributed by atoms with van der Waals surface area (Å²) in [6, 6.07) is 14.9. The van der Waals surface area contributed by atoms with Gasteiger partial charge in [-0.1, -0.05) is 12.1 Å². The zero-order valence-electron chi connectivity index (χ0n) is 9.95. The second-order valence-electron chi connectivity index (χ2n) is 3.94. The topological polar surface area (TPSA) is 71.0 Å². The second-order valence-corrected chi connectivity index (χ2v) is 3.94. The van der Waals surface area contributed by atoms with E-state index in [0.717, 1.165) is 16.9 Å². The smallest absolute Gasteiger partial charge is 0.0859 e. The minimum atomic E-state index is 0.137. The highest BCUT2D eigenvalue weighted by atomic mass is 16.2. The number of anilines is 1. The van der Waals surface area contributed by atoms with E-state index in [2.05, 4.69) is 10.2 Å². The fourth-order valence-electron chi connectivity index (χ4n) is 1.56. The summed E-state index contributed by atoms with van der Waals surface area (Å²) in [7, 11) is 0. The lowest BCUT2D eigenvalue weighted by atomic mass is 10.1. The van der Waals surface area contributed by atoms with Crippen LogP contribution in [-0.4, -0.2) is 11.7 Å². The highest BCUT2D eigenvalue weighted by molar-refractivity contribution is 5.48. The molecule has 0 heterocycles. The van der Waals surface area contributed by atoms with E-state index in [-0.39, 0.29) is 6.61 Å². The van der Waals surface area contributed by atoms with Crippen LogP contribution in [0.3, 0.4) is 0 Å². The Bertz CT molecular complexity index is 535. The summed E-state index contributed by atoms with van der Waals surface area (Å²) in [6.07, 6.45) is 0.630. The Labute approximate surface area is 106 Å². The number of azo groups is 1. The molecule has 0 amide bonds. The monoisotopic (exact) mass is 241 g/mol. The summed E-state index contributed by atoms with van der Waals surface area (Å²) < 4.78 is 0. The summed E-state index contributed by atoms with van der Waals surface area (Å²) in [5.74, 6) is 0. The average Bonchev–Trinajstić information content (AvgIpc) is 2.39. The van der Waals surface area contributed by atoms with Crippen LogP contribution in [0.1, 0.15) is 5.56 Å². The van der Waals surface area contributed by atoms with Crippen LogP contribution in [0.25, 0.3) is 0 Å². The van der Waals surface area contributed by atoms with Crippen LogP contribution in [-0.2, 0) is 6.42 Å². The number of hydrogen-bond donors (Lipinski definition) is 2. The zero-order valence-corrected chi connectivity index (χ0v) is 9.95. The Morgan fingerprint density at radius 1 is 0.944 bits per heavy atom. The van der Waals surface area contributed by atoms with Crippen LogP contribution >= 0.6 is 0 Å². The van der Waals surface area contributed by atoms with Crippen molar-refractivity contribution in [2.45, 2.75) is 6.42 Å². The maximum absolute atomic E-state index is 8.88. The summed E-state index contributed by atoms with van der Waals surface area (Å²) >= 11 is 0. The van der Waals surface area contributed by atoms with Crippen LogP contribution < -0.4 is 5.73 Å². The van der Waals surface area contributed by atoms with Crippen LogP contribution in [0.4, 0.5) is 17.1 Å². The molecule has 0 fully saturated rings. The Morgan fingerprint density at radius 2 is 1.67 bits per heavy atom. The van der Waals surface area contributed by atoms with Crippen molar-refractivity contribution >= 4 is 17.1 Å². The highest BCUT2D eigenvalue weighted by Gasteiger charge is 1.95. The fourth-order valence-corrected chi connectivity index (χ4v) is 1.56. The number of nitrogens with two attached hydrogens (primary N) is 1. The van der Waals surface area contributed by atoms with Gasteiger partial charge in [0.25, 0.3) is 0 Å². The third-order valence-electron chi connectivity index (χ3n) is 2.49. The molecule has 0 saturated heterocycles. The van der Waals surface area contributed by atoms with Gasteiger partial charge in [0, 0.05) is 12.3 Å². The van der Waals surface area contributed by atoms with E-state index < -0.39 is 0 Å². The van der Waals surface area contributed by atoms with Crippen LogP contribution in [0.5, 0.6) is 0 Å². The van der Waals surface area contributed by atoms with Gasteiger partial charge in [0.15, 0.2) is 0 Å². The van der Waals surface area contributed by atoms with E-state index in [1.165, 1.54) is 0 Å². The Kier molecular flexibility index (Phi) is 4.04. The quantitative estimate of drug-likeness (QED) is 0.637. The second kappa shape index (κ2) is 5.93. The molecule has 3 N–H and O–H groups in total. The molecule has 0 aliphatic rings. The van der Waals surface area contributed by atoms with E-state index in [1.807, 2.05) is 36.4 Å². The molecule has 0 radical (unpaired) electrons. The largest absolute Gasteiger partial charge is 0.399 e. The first kappa shape index (κ1) is 12.3.